The third-order valence-electron chi connectivity index (χ3n) is 3.22. The van der Waals surface area contributed by atoms with Crippen molar-refractivity contribution < 1.29 is 4.79 Å². The summed E-state index contributed by atoms with van der Waals surface area (Å²) in [6.45, 7) is 6.46. The third-order valence-corrected chi connectivity index (χ3v) is 3.51. The van der Waals surface area contributed by atoms with E-state index in [1.54, 1.807) is 0 Å². The van der Waals surface area contributed by atoms with Crippen LogP contribution < -0.4 is 10.2 Å². The lowest BCUT2D eigenvalue weighted by atomic mass is 10.1. The first-order chi connectivity index (χ1) is 8.59. The minimum atomic E-state index is 0.149. The molecule has 4 heteroatoms. The number of aryl methyl sites for hydroxylation is 2. The molecule has 1 saturated heterocycles. The lowest BCUT2D eigenvalue weighted by molar-refractivity contribution is -0.118. The van der Waals surface area contributed by atoms with Crippen molar-refractivity contribution in [2.75, 3.05) is 24.5 Å². The molecular weight excluding hydrogens is 248 g/mol. The molecule has 0 atom stereocenters. The number of hydrogen-bond acceptors (Lipinski definition) is 2. The minimum Gasteiger partial charge on any atom is -0.316 e. The molecule has 18 heavy (non-hydrogen) atoms. The van der Waals surface area contributed by atoms with Gasteiger partial charge >= 0.3 is 0 Å². The van der Waals surface area contributed by atoms with E-state index in [0.29, 0.717) is 11.4 Å². The molecule has 1 aromatic rings. The Labute approximate surface area is 113 Å². The van der Waals surface area contributed by atoms with Gasteiger partial charge in [0.2, 0.25) is 5.91 Å². The second-order valence-corrected chi connectivity index (χ2v) is 5.22. The lowest BCUT2D eigenvalue weighted by Gasteiger charge is -2.28. The van der Waals surface area contributed by atoms with E-state index in [1.165, 1.54) is 0 Å². The number of rotatable bonds is 1. The fraction of sp³-hybridized carbons (Fsp3) is 0.500. The van der Waals surface area contributed by atoms with Crippen LogP contribution in [-0.4, -0.2) is 25.5 Å². The molecule has 0 radical (unpaired) electrons. The fourth-order valence-electron chi connectivity index (χ4n) is 2.43. The van der Waals surface area contributed by atoms with Crippen molar-refractivity contribution in [1.82, 2.24) is 5.32 Å². The predicted octanol–water partition coefficient (Wildman–Crippen LogP) is 2.67. The quantitative estimate of drug-likeness (QED) is 0.848. The van der Waals surface area contributed by atoms with Gasteiger partial charge in [0, 0.05) is 19.5 Å². The van der Waals surface area contributed by atoms with Gasteiger partial charge in [0.05, 0.1) is 10.7 Å². The summed E-state index contributed by atoms with van der Waals surface area (Å²) >= 11 is 6.32. The van der Waals surface area contributed by atoms with Crippen LogP contribution in [0.5, 0.6) is 0 Å². The number of nitrogens with one attached hydrogen (secondary N) is 1. The van der Waals surface area contributed by atoms with Crippen LogP contribution in [0.3, 0.4) is 0 Å². The number of amides is 1. The van der Waals surface area contributed by atoms with Gasteiger partial charge in [0.25, 0.3) is 0 Å². The molecule has 1 heterocycles. The van der Waals surface area contributed by atoms with Crippen LogP contribution in [0, 0.1) is 13.8 Å². The Balaban J connectivity index is 2.36. The van der Waals surface area contributed by atoms with Gasteiger partial charge in [0.15, 0.2) is 0 Å². The molecule has 1 aliphatic rings. The fourth-order valence-corrected chi connectivity index (χ4v) is 2.85. The Morgan fingerprint density at radius 3 is 2.78 bits per heavy atom. The van der Waals surface area contributed by atoms with E-state index in [9.17, 15) is 4.79 Å². The first kappa shape index (κ1) is 13.4. The minimum absolute atomic E-state index is 0.149. The van der Waals surface area contributed by atoms with Gasteiger partial charge in [-0.1, -0.05) is 17.7 Å². The number of nitrogens with zero attached hydrogens (tertiary/aromatic N) is 1. The van der Waals surface area contributed by atoms with Gasteiger partial charge < -0.3 is 10.2 Å². The SMILES string of the molecule is Cc1cc(C)c(N2CCCNCCC2=O)c(Cl)c1. The number of carbonyl (C=O) groups is 1. The maximum atomic E-state index is 12.2. The predicted molar refractivity (Wildman–Crippen MR) is 75.4 cm³/mol. The van der Waals surface area contributed by atoms with Crippen molar-refractivity contribution in [1.29, 1.82) is 0 Å². The van der Waals surface area contributed by atoms with Crippen molar-refractivity contribution in [2.24, 2.45) is 0 Å². The molecule has 98 valence electrons. The summed E-state index contributed by atoms with van der Waals surface area (Å²) in [4.78, 5) is 14.0. The standard InChI is InChI=1S/C14H19ClN2O/c1-10-8-11(2)14(12(15)9-10)17-7-3-5-16-6-4-13(17)18/h8-9,16H,3-7H2,1-2H3. The number of carbonyl (C=O) groups excluding carboxylic acids is 1. The molecule has 0 bridgehead atoms. The zero-order chi connectivity index (χ0) is 13.1. The van der Waals surface area contributed by atoms with Crippen molar-refractivity contribution in [3.8, 4) is 0 Å². The second kappa shape index (κ2) is 5.72. The zero-order valence-corrected chi connectivity index (χ0v) is 11.7. The van der Waals surface area contributed by atoms with Gasteiger partial charge in [-0.3, -0.25) is 4.79 Å². The third kappa shape index (κ3) is 2.85. The van der Waals surface area contributed by atoms with E-state index in [-0.39, 0.29) is 5.91 Å². The average Bonchev–Trinajstić information content (AvgIpc) is 2.26. The summed E-state index contributed by atoms with van der Waals surface area (Å²) in [5.41, 5.74) is 3.08. The lowest BCUT2D eigenvalue weighted by Crippen LogP contribution is -2.38. The highest BCUT2D eigenvalue weighted by Gasteiger charge is 2.21. The molecule has 2 rings (SSSR count). The molecule has 0 saturated carbocycles. The summed E-state index contributed by atoms with van der Waals surface area (Å²) in [5.74, 6) is 0.149. The molecule has 1 aromatic carbocycles. The van der Waals surface area contributed by atoms with Crippen molar-refractivity contribution in [2.45, 2.75) is 26.7 Å². The maximum absolute atomic E-state index is 12.2. The number of benzene rings is 1. The summed E-state index contributed by atoms with van der Waals surface area (Å²) < 4.78 is 0. The molecule has 1 amide bonds. The Bertz CT molecular complexity index is 436. The number of anilines is 1. The van der Waals surface area contributed by atoms with Crippen LogP contribution in [0.4, 0.5) is 5.69 Å². The van der Waals surface area contributed by atoms with Crippen LogP contribution in [0.2, 0.25) is 5.02 Å². The summed E-state index contributed by atoms with van der Waals surface area (Å²) in [5, 5.41) is 3.92. The molecule has 0 aliphatic carbocycles. The van der Waals surface area contributed by atoms with E-state index in [1.807, 2.05) is 24.8 Å². The Morgan fingerprint density at radius 1 is 1.28 bits per heavy atom. The van der Waals surface area contributed by atoms with Gasteiger partial charge in [0.1, 0.15) is 0 Å². The van der Waals surface area contributed by atoms with E-state index in [4.69, 9.17) is 11.6 Å². The highest BCUT2D eigenvalue weighted by Crippen LogP contribution is 2.31. The highest BCUT2D eigenvalue weighted by molar-refractivity contribution is 6.34. The molecule has 1 aliphatic heterocycles. The average molecular weight is 267 g/mol. The second-order valence-electron chi connectivity index (χ2n) is 4.81. The summed E-state index contributed by atoms with van der Waals surface area (Å²) in [6, 6.07) is 4.00. The zero-order valence-electron chi connectivity index (χ0n) is 10.9. The Hall–Kier alpha value is -1.06. The van der Waals surface area contributed by atoms with E-state index in [2.05, 4.69) is 11.4 Å². The number of halogens is 1. The maximum Gasteiger partial charge on any atom is 0.228 e. The van der Waals surface area contributed by atoms with E-state index < -0.39 is 0 Å². The first-order valence-electron chi connectivity index (χ1n) is 6.37. The Morgan fingerprint density at radius 2 is 2.06 bits per heavy atom. The molecule has 3 nitrogen and oxygen atoms in total. The van der Waals surface area contributed by atoms with Gasteiger partial charge in [-0.05, 0) is 44.0 Å². The van der Waals surface area contributed by atoms with Crippen molar-refractivity contribution in [3.63, 3.8) is 0 Å². The smallest absolute Gasteiger partial charge is 0.228 e. The van der Waals surface area contributed by atoms with E-state index in [0.717, 1.165) is 42.9 Å². The van der Waals surface area contributed by atoms with Crippen LogP contribution in [0.1, 0.15) is 24.0 Å². The summed E-state index contributed by atoms with van der Waals surface area (Å²) in [6.07, 6.45) is 1.49. The summed E-state index contributed by atoms with van der Waals surface area (Å²) in [7, 11) is 0. The van der Waals surface area contributed by atoms with E-state index >= 15 is 0 Å². The molecule has 1 N–H and O–H groups in total. The van der Waals surface area contributed by atoms with Crippen LogP contribution in [-0.2, 0) is 4.79 Å². The Kier molecular flexibility index (Phi) is 4.25. The highest BCUT2D eigenvalue weighted by atomic mass is 35.5. The molecule has 0 unspecified atom stereocenters. The molecular formula is C14H19ClN2O. The van der Waals surface area contributed by atoms with Crippen molar-refractivity contribution in [3.05, 3.63) is 28.3 Å². The van der Waals surface area contributed by atoms with Crippen LogP contribution >= 0.6 is 11.6 Å². The van der Waals surface area contributed by atoms with Crippen LogP contribution in [0.15, 0.2) is 12.1 Å². The van der Waals surface area contributed by atoms with Crippen molar-refractivity contribution >= 4 is 23.2 Å². The van der Waals surface area contributed by atoms with Gasteiger partial charge in [-0.15, -0.1) is 0 Å². The topological polar surface area (TPSA) is 32.3 Å². The van der Waals surface area contributed by atoms with Crippen LogP contribution in [0.25, 0.3) is 0 Å². The normalized spacial score (nSPS) is 17.5. The number of hydrogen-bond donors (Lipinski definition) is 1. The first-order valence-corrected chi connectivity index (χ1v) is 6.75. The largest absolute Gasteiger partial charge is 0.316 e. The van der Waals surface area contributed by atoms with Gasteiger partial charge in [-0.25, -0.2) is 0 Å². The molecule has 1 fully saturated rings. The van der Waals surface area contributed by atoms with Gasteiger partial charge in [-0.2, -0.15) is 0 Å². The molecule has 0 aromatic heterocycles. The monoisotopic (exact) mass is 266 g/mol. The molecule has 0 spiro atoms.